The number of benzene rings is 2. The van der Waals surface area contributed by atoms with Crippen molar-refractivity contribution in [1.29, 1.82) is 0 Å². The molecular formula is C15H13ClN4O4. The first-order valence-electron chi connectivity index (χ1n) is 6.79. The van der Waals surface area contributed by atoms with Gasteiger partial charge in [-0.2, -0.15) is 0 Å². The maximum absolute atomic E-state index is 11.7. The summed E-state index contributed by atoms with van der Waals surface area (Å²) in [4.78, 5) is 33.4. The lowest BCUT2D eigenvalue weighted by atomic mass is 10.1. The van der Waals surface area contributed by atoms with E-state index in [4.69, 9.17) is 11.6 Å². The van der Waals surface area contributed by atoms with Crippen LogP contribution in [0.4, 0.5) is 16.2 Å². The standard InChI is InChI=1S/C15H13ClN4O4/c16-11-3-5-12(6-4-11)17-15(22)19-18-14(21)9-10-1-7-13(8-2-10)20(23)24/h1-8H,9H2,(H,18,21)(H2,17,19,22). The average Bonchev–Trinajstić information content (AvgIpc) is 2.55. The first-order valence-corrected chi connectivity index (χ1v) is 7.16. The van der Waals surface area contributed by atoms with Crippen LogP contribution in [0.1, 0.15) is 5.56 Å². The number of halogens is 1. The number of amides is 3. The zero-order valence-corrected chi connectivity index (χ0v) is 13.0. The van der Waals surface area contributed by atoms with Crippen LogP contribution in [0, 0.1) is 10.1 Å². The van der Waals surface area contributed by atoms with Crippen molar-refractivity contribution in [3.8, 4) is 0 Å². The smallest absolute Gasteiger partial charge is 0.307 e. The summed E-state index contributed by atoms with van der Waals surface area (Å²) in [6, 6.07) is 11.4. The maximum atomic E-state index is 11.7. The Balaban J connectivity index is 1.78. The van der Waals surface area contributed by atoms with Gasteiger partial charge in [0.25, 0.3) is 5.69 Å². The fraction of sp³-hybridized carbons (Fsp3) is 0.0667. The normalized spacial score (nSPS) is 9.88. The second-order valence-corrected chi connectivity index (χ2v) is 5.17. The number of non-ortho nitro benzene ring substituents is 1. The Morgan fingerprint density at radius 2 is 1.62 bits per heavy atom. The SMILES string of the molecule is O=C(Cc1ccc([N+](=O)[O-])cc1)NNC(=O)Nc1ccc(Cl)cc1. The number of hydrogen-bond donors (Lipinski definition) is 3. The molecule has 0 saturated heterocycles. The molecule has 8 nitrogen and oxygen atoms in total. The molecule has 0 aliphatic heterocycles. The molecule has 0 bridgehead atoms. The minimum Gasteiger partial charge on any atom is -0.307 e. The number of rotatable bonds is 4. The van der Waals surface area contributed by atoms with E-state index < -0.39 is 16.9 Å². The summed E-state index contributed by atoms with van der Waals surface area (Å²) in [6.45, 7) is 0. The van der Waals surface area contributed by atoms with Crippen LogP contribution in [0.2, 0.25) is 5.02 Å². The van der Waals surface area contributed by atoms with Crippen LogP contribution in [-0.2, 0) is 11.2 Å². The zero-order valence-electron chi connectivity index (χ0n) is 12.3. The molecule has 124 valence electrons. The minimum atomic E-state index is -0.616. The van der Waals surface area contributed by atoms with Crippen molar-refractivity contribution in [2.24, 2.45) is 0 Å². The second-order valence-electron chi connectivity index (χ2n) is 4.73. The highest BCUT2D eigenvalue weighted by molar-refractivity contribution is 6.30. The number of carbonyl (C=O) groups is 2. The molecule has 9 heteroatoms. The average molecular weight is 349 g/mol. The summed E-state index contributed by atoms with van der Waals surface area (Å²) < 4.78 is 0. The third-order valence-corrected chi connectivity index (χ3v) is 3.18. The van der Waals surface area contributed by atoms with E-state index in [0.29, 0.717) is 16.3 Å². The summed E-state index contributed by atoms with van der Waals surface area (Å²) in [6.07, 6.45) is -0.0286. The van der Waals surface area contributed by atoms with Crippen molar-refractivity contribution in [1.82, 2.24) is 10.9 Å². The lowest BCUT2D eigenvalue weighted by Crippen LogP contribution is -2.44. The van der Waals surface area contributed by atoms with E-state index in [1.807, 2.05) is 0 Å². The van der Waals surface area contributed by atoms with Gasteiger partial charge in [-0.15, -0.1) is 0 Å². The molecule has 0 aliphatic carbocycles. The Morgan fingerprint density at radius 1 is 1.00 bits per heavy atom. The van der Waals surface area contributed by atoms with Gasteiger partial charge in [0.2, 0.25) is 5.91 Å². The van der Waals surface area contributed by atoms with Crippen molar-refractivity contribution < 1.29 is 14.5 Å². The number of hydrazine groups is 1. The molecule has 0 aliphatic rings. The molecule has 0 aromatic heterocycles. The van der Waals surface area contributed by atoms with Gasteiger partial charge in [0.05, 0.1) is 11.3 Å². The number of nitrogens with zero attached hydrogens (tertiary/aromatic N) is 1. The first kappa shape index (κ1) is 17.2. The Hall–Kier alpha value is -3.13. The fourth-order valence-electron chi connectivity index (χ4n) is 1.79. The fourth-order valence-corrected chi connectivity index (χ4v) is 1.91. The van der Waals surface area contributed by atoms with E-state index in [2.05, 4.69) is 16.2 Å². The van der Waals surface area contributed by atoms with Gasteiger partial charge in [-0.3, -0.25) is 20.3 Å². The lowest BCUT2D eigenvalue weighted by Gasteiger charge is -2.09. The highest BCUT2D eigenvalue weighted by atomic mass is 35.5. The molecule has 3 amide bonds. The van der Waals surface area contributed by atoms with Crippen molar-refractivity contribution >= 4 is 34.9 Å². The lowest BCUT2D eigenvalue weighted by molar-refractivity contribution is -0.384. The van der Waals surface area contributed by atoms with Crippen LogP contribution in [0.3, 0.4) is 0 Å². The van der Waals surface area contributed by atoms with Crippen LogP contribution in [-0.4, -0.2) is 16.9 Å². The van der Waals surface area contributed by atoms with Crippen LogP contribution in [0.25, 0.3) is 0 Å². The summed E-state index contributed by atoms with van der Waals surface area (Å²) in [7, 11) is 0. The zero-order chi connectivity index (χ0) is 17.5. The van der Waals surface area contributed by atoms with E-state index in [9.17, 15) is 19.7 Å². The minimum absolute atomic E-state index is 0.0286. The maximum Gasteiger partial charge on any atom is 0.337 e. The molecule has 2 aromatic carbocycles. The van der Waals surface area contributed by atoms with Gasteiger partial charge in [0, 0.05) is 22.8 Å². The van der Waals surface area contributed by atoms with Crippen molar-refractivity contribution in [3.05, 3.63) is 69.2 Å². The molecule has 0 spiro atoms. The van der Waals surface area contributed by atoms with Crippen LogP contribution in [0.15, 0.2) is 48.5 Å². The molecule has 2 aromatic rings. The second kappa shape index (κ2) is 7.93. The number of hydrogen-bond acceptors (Lipinski definition) is 4. The molecule has 2 rings (SSSR count). The van der Waals surface area contributed by atoms with Gasteiger partial charge in [-0.1, -0.05) is 23.7 Å². The Bertz CT molecular complexity index is 747. The Kier molecular flexibility index (Phi) is 5.69. The van der Waals surface area contributed by atoms with Gasteiger partial charge < -0.3 is 5.32 Å². The third kappa shape index (κ3) is 5.25. The van der Waals surface area contributed by atoms with E-state index >= 15 is 0 Å². The summed E-state index contributed by atoms with van der Waals surface area (Å²) in [5.74, 6) is -0.463. The summed E-state index contributed by atoms with van der Waals surface area (Å²) >= 11 is 5.73. The largest absolute Gasteiger partial charge is 0.337 e. The van der Waals surface area contributed by atoms with Gasteiger partial charge in [0.1, 0.15) is 0 Å². The number of carbonyl (C=O) groups excluding carboxylic acids is 2. The number of urea groups is 1. The molecule has 0 atom stereocenters. The van der Waals surface area contributed by atoms with Crippen molar-refractivity contribution in [2.75, 3.05) is 5.32 Å². The molecule has 3 N–H and O–H groups in total. The molecule has 24 heavy (non-hydrogen) atoms. The van der Waals surface area contributed by atoms with Crippen LogP contribution < -0.4 is 16.2 Å². The Labute approximate surface area is 141 Å². The summed E-state index contributed by atoms with van der Waals surface area (Å²) in [5, 5.41) is 13.6. The molecular weight excluding hydrogens is 336 g/mol. The highest BCUT2D eigenvalue weighted by Gasteiger charge is 2.08. The number of nitro groups is 1. The quantitative estimate of drug-likeness (QED) is 0.582. The summed E-state index contributed by atoms with van der Waals surface area (Å²) in [5.41, 5.74) is 5.48. The predicted octanol–water partition coefficient (Wildman–Crippen LogP) is 2.64. The topological polar surface area (TPSA) is 113 Å². The van der Waals surface area contributed by atoms with Gasteiger partial charge in [0.15, 0.2) is 0 Å². The van der Waals surface area contributed by atoms with Crippen LogP contribution in [0.5, 0.6) is 0 Å². The van der Waals surface area contributed by atoms with Crippen LogP contribution >= 0.6 is 11.6 Å². The van der Waals surface area contributed by atoms with Gasteiger partial charge in [-0.05, 0) is 29.8 Å². The molecule has 0 radical (unpaired) electrons. The van der Waals surface area contributed by atoms with E-state index in [1.165, 1.54) is 24.3 Å². The first-order chi connectivity index (χ1) is 11.4. The molecule has 0 unspecified atom stereocenters. The van der Waals surface area contributed by atoms with Gasteiger partial charge in [-0.25, -0.2) is 10.2 Å². The van der Waals surface area contributed by atoms with Crippen molar-refractivity contribution in [3.63, 3.8) is 0 Å². The Morgan fingerprint density at radius 3 is 2.21 bits per heavy atom. The number of nitro benzene ring substituents is 1. The third-order valence-electron chi connectivity index (χ3n) is 2.93. The van der Waals surface area contributed by atoms with E-state index in [0.717, 1.165) is 0 Å². The molecule has 0 heterocycles. The molecule has 0 fully saturated rings. The van der Waals surface area contributed by atoms with E-state index in [-0.39, 0.29) is 12.1 Å². The van der Waals surface area contributed by atoms with Gasteiger partial charge >= 0.3 is 6.03 Å². The monoisotopic (exact) mass is 348 g/mol. The number of nitrogens with one attached hydrogen (secondary N) is 3. The van der Waals surface area contributed by atoms with E-state index in [1.54, 1.807) is 24.3 Å². The number of anilines is 1. The molecule has 0 saturated carbocycles. The predicted molar refractivity (Wildman–Crippen MR) is 88.5 cm³/mol. The van der Waals surface area contributed by atoms with Crippen molar-refractivity contribution in [2.45, 2.75) is 6.42 Å². The highest BCUT2D eigenvalue weighted by Crippen LogP contribution is 2.13.